The van der Waals surface area contributed by atoms with E-state index in [1.165, 1.54) is 6.07 Å². The Morgan fingerprint density at radius 2 is 1.95 bits per heavy atom. The van der Waals surface area contributed by atoms with Gasteiger partial charge >= 0.3 is 5.97 Å². The minimum absolute atomic E-state index is 0.0239. The number of esters is 1. The van der Waals surface area contributed by atoms with Gasteiger partial charge in [-0.15, -0.1) is 0 Å². The maximum Gasteiger partial charge on any atom is 0.354 e. The summed E-state index contributed by atoms with van der Waals surface area (Å²) < 4.78 is 4.89. The summed E-state index contributed by atoms with van der Waals surface area (Å²) in [5.74, 6) is -0.541. The van der Waals surface area contributed by atoms with Gasteiger partial charge in [-0.25, -0.2) is 4.79 Å². The van der Waals surface area contributed by atoms with Gasteiger partial charge in [-0.1, -0.05) is 6.92 Å². The third kappa shape index (κ3) is 2.93. The zero-order valence-corrected chi connectivity index (χ0v) is 13.0. The molecule has 0 bridgehead atoms. The average Bonchev–Trinajstić information content (AvgIpc) is 2.47. The standard InChI is InChI=1S/C17H19NO4/c1-4-6-14(19)11-7-8-12-16(10(11)3)15(20)9-13(18-12)17(21)22-5-2/h7-9H,4-6H2,1-3H3,(H,18,20). The van der Waals surface area contributed by atoms with Crippen LogP contribution < -0.4 is 5.43 Å². The number of aromatic nitrogens is 1. The Morgan fingerprint density at radius 3 is 2.59 bits per heavy atom. The van der Waals surface area contributed by atoms with Crippen LogP contribution in [0.5, 0.6) is 0 Å². The molecule has 0 saturated heterocycles. The van der Waals surface area contributed by atoms with Gasteiger partial charge in [-0.05, 0) is 38.0 Å². The molecule has 0 spiro atoms. The van der Waals surface area contributed by atoms with E-state index >= 15 is 0 Å². The van der Waals surface area contributed by atoms with Crippen LogP contribution >= 0.6 is 0 Å². The van der Waals surface area contributed by atoms with E-state index in [9.17, 15) is 14.4 Å². The van der Waals surface area contributed by atoms with Crippen LogP contribution in [0.3, 0.4) is 0 Å². The highest BCUT2D eigenvalue weighted by atomic mass is 16.5. The van der Waals surface area contributed by atoms with Gasteiger partial charge in [-0.3, -0.25) is 9.59 Å². The fourth-order valence-corrected chi connectivity index (χ4v) is 2.50. The molecule has 2 rings (SSSR count). The highest BCUT2D eigenvalue weighted by Gasteiger charge is 2.15. The number of Topliss-reactive ketones (excluding diaryl/α,β-unsaturated/α-hetero) is 1. The predicted octanol–water partition coefficient (Wildman–Crippen LogP) is 3.00. The highest BCUT2D eigenvalue weighted by Crippen LogP contribution is 2.20. The van der Waals surface area contributed by atoms with Gasteiger partial charge in [0.2, 0.25) is 0 Å². The van der Waals surface area contributed by atoms with Crippen molar-refractivity contribution in [2.24, 2.45) is 0 Å². The summed E-state index contributed by atoms with van der Waals surface area (Å²) in [6.07, 6.45) is 1.21. The molecule has 22 heavy (non-hydrogen) atoms. The summed E-state index contributed by atoms with van der Waals surface area (Å²) in [7, 11) is 0. The van der Waals surface area contributed by atoms with Crippen molar-refractivity contribution < 1.29 is 14.3 Å². The zero-order valence-electron chi connectivity index (χ0n) is 13.0. The smallest absolute Gasteiger partial charge is 0.354 e. The van der Waals surface area contributed by atoms with Crippen molar-refractivity contribution in [3.05, 3.63) is 45.2 Å². The van der Waals surface area contributed by atoms with E-state index in [-0.39, 0.29) is 23.5 Å². The summed E-state index contributed by atoms with van der Waals surface area (Å²) in [6, 6.07) is 4.58. The first-order valence-electron chi connectivity index (χ1n) is 7.36. The summed E-state index contributed by atoms with van der Waals surface area (Å²) in [6.45, 7) is 5.63. The van der Waals surface area contributed by atoms with Gasteiger partial charge in [0.25, 0.3) is 0 Å². The van der Waals surface area contributed by atoms with Crippen molar-refractivity contribution in [3.8, 4) is 0 Å². The second kappa shape index (κ2) is 6.56. The molecular weight excluding hydrogens is 282 g/mol. The molecule has 0 amide bonds. The minimum Gasteiger partial charge on any atom is -0.461 e. The van der Waals surface area contributed by atoms with Gasteiger partial charge in [0.05, 0.1) is 12.1 Å². The summed E-state index contributed by atoms with van der Waals surface area (Å²) in [5, 5.41) is 0.440. The third-order valence-electron chi connectivity index (χ3n) is 3.53. The van der Waals surface area contributed by atoms with Crippen LogP contribution in [0.25, 0.3) is 10.9 Å². The fraction of sp³-hybridized carbons (Fsp3) is 0.353. The Kier molecular flexibility index (Phi) is 4.75. The van der Waals surface area contributed by atoms with Gasteiger partial charge in [0.1, 0.15) is 5.69 Å². The number of pyridine rings is 1. The highest BCUT2D eigenvalue weighted by molar-refractivity contribution is 6.02. The molecule has 0 aliphatic carbocycles. The Hall–Kier alpha value is -2.43. The number of rotatable bonds is 5. The number of hydrogen-bond acceptors (Lipinski definition) is 4. The van der Waals surface area contributed by atoms with Crippen molar-refractivity contribution in [2.45, 2.75) is 33.6 Å². The quantitative estimate of drug-likeness (QED) is 0.680. The summed E-state index contributed by atoms with van der Waals surface area (Å²) in [5.41, 5.74) is 1.56. The number of hydrogen-bond donors (Lipinski definition) is 1. The molecule has 0 aliphatic rings. The predicted molar refractivity (Wildman–Crippen MR) is 84.5 cm³/mol. The van der Waals surface area contributed by atoms with Crippen LogP contribution in [-0.2, 0) is 4.74 Å². The monoisotopic (exact) mass is 301 g/mol. The van der Waals surface area contributed by atoms with E-state index in [4.69, 9.17) is 4.74 Å². The molecule has 0 radical (unpaired) electrons. The first-order chi connectivity index (χ1) is 10.5. The zero-order chi connectivity index (χ0) is 16.3. The normalized spacial score (nSPS) is 10.7. The molecule has 2 aromatic rings. The van der Waals surface area contributed by atoms with E-state index in [0.717, 1.165) is 6.42 Å². The number of aromatic amines is 1. The molecular formula is C17H19NO4. The maximum atomic E-state index is 12.3. The van der Waals surface area contributed by atoms with E-state index in [1.807, 2.05) is 6.92 Å². The number of benzene rings is 1. The second-order valence-corrected chi connectivity index (χ2v) is 5.10. The molecule has 1 aromatic carbocycles. The van der Waals surface area contributed by atoms with Crippen LogP contribution in [-0.4, -0.2) is 23.3 Å². The molecule has 0 unspecified atom stereocenters. The largest absolute Gasteiger partial charge is 0.461 e. The lowest BCUT2D eigenvalue weighted by atomic mass is 9.97. The molecule has 1 N–H and O–H groups in total. The number of carbonyl (C=O) groups excluding carboxylic acids is 2. The summed E-state index contributed by atoms with van der Waals surface area (Å²) in [4.78, 5) is 39.1. The van der Waals surface area contributed by atoms with Crippen molar-refractivity contribution in [3.63, 3.8) is 0 Å². The Bertz CT molecular complexity index is 789. The minimum atomic E-state index is -0.565. The number of H-pyrrole nitrogens is 1. The van der Waals surface area contributed by atoms with Crippen molar-refractivity contribution in [1.82, 2.24) is 4.98 Å². The average molecular weight is 301 g/mol. The molecule has 0 aliphatic heterocycles. The van der Waals surface area contributed by atoms with E-state index in [2.05, 4.69) is 4.98 Å². The SMILES string of the molecule is CCCC(=O)c1ccc2[nH]c(C(=O)OCC)cc(=O)c2c1C. The Labute approximate surface area is 128 Å². The van der Waals surface area contributed by atoms with Gasteiger partial charge in [-0.2, -0.15) is 0 Å². The van der Waals surface area contributed by atoms with E-state index < -0.39 is 5.97 Å². The summed E-state index contributed by atoms with van der Waals surface area (Å²) >= 11 is 0. The lowest BCUT2D eigenvalue weighted by Gasteiger charge is -2.09. The third-order valence-corrected chi connectivity index (χ3v) is 3.53. The number of ketones is 1. The molecule has 1 heterocycles. The Morgan fingerprint density at radius 1 is 1.23 bits per heavy atom. The molecule has 116 valence electrons. The van der Waals surface area contributed by atoms with Gasteiger partial charge < -0.3 is 9.72 Å². The lowest BCUT2D eigenvalue weighted by molar-refractivity contribution is 0.0519. The molecule has 0 fully saturated rings. The number of nitrogens with one attached hydrogen (secondary N) is 1. The molecule has 5 heteroatoms. The van der Waals surface area contributed by atoms with E-state index in [1.54, 1.807) is 26.0 Å². The topological polar surface area (TPSA) is 76.2 Å². The van der Waals surface area contributed by atoms with Gasteiger partial charge in [0.15, 0.2) is 11.2 Å². The van der Waals surface area contributed by atoms with Crippen LogP contribution in [0.1, 0.15) is 53.1 Å². The first-order valence-corrected chi connectivity index (χ1v) is 7.36. The number of aryl methyl sites for hydroxylation is 1. The van der Waals surface area contributed by atoms with E-state index in [0.29, 0.717) is 28.5 Å². The number of carbonyl (C=O) groups is 2. The van der Waals surface area contributed by atoms with Crippen LogP contribution in [0.2, 0.25) is 0 Å². The molecule has 0 saturated carbocycles. The van der Waals surface area contributed by atoms with Crippen LogP contribution in [0.4, 0.5) is 0 Å². The molecule has 1 aromatic heterocycles. The number of fused-ring (bicyclic) bond motifs is 1. The van der Waals surface area contributed by atoms with Gasteiger partial charge in [0, 0.05) is 23.4 Å². The first kappa shape index (κ1) is 15.9. The molecule has 0 atom stereocenters. The fourth-order valence-electron chi connectivity index (χ4n) is 2.50. The van der Waals surface area contributed by atoms with Crippen LogP contribution in [0.15, 0.2) is 23.0 Å². The van der Waals surface area contributed by atoms with Crippen LogP contribution in [0, 0.1) is 6.92 Å². The van der Waals surface area contributed by atoms with Crippen molar-refractivity contribution in [2.75, 3.05) is 6.61 Å². The molecule has 5 nitrogen and oxygen atoms in total. The maximum absolute atomic E-state index is 12.3. The van der Waals surface area contributed by atoms with Crippen molar-refractivity contribution in [1.29, 1.82) is 0 Å². The number of ether oxygens (including phenoxy) is 1. The lowest BCUT2D eigenvalue weighted by Crippen LogP contribution is -2.14. The van der Waals surface area contributed by atoms with Crippen molar-refractivity contribution >= 4 is 22.7 Å². The second-order valence-electron chi connectivity index (χ2n) is 5.10. The Balaban J connectivity index is 2.60.